The van der Waals surface area contributed by atoms with Gasteiger partial charge in [0.25, 0.3) is 0 Å². The quantitative estimate of drug-likeness (QED) is 0.503. The third-order valence-corrected chi connectivity index (χ3v) is 2.67. The highest BCUT2D eigenvalue weighted by Gasteiger charge is 2.27. The van der Waals surface area contributed by atoms with E-state index in [-0.39, 0.29) is 26.4 Å². The van der Waals surface area contributed by atoms with Gasteiger partial charge in [0, 0.05) is 0 Å². The summed E-state index contributed by atoms with van der Waals surface area (Å²) < 4.78 is 25.6. The van der Waals surface area contributed by atoms with Gasteiger partial charge in [-0.05, 0) is 6.42 Å². The Bertz CT molecular complexity index is 266. The van der Waals surface area contributed by atoms with Gasteiger partial charge in [-0.15, -0.1) is 0 Å². The summed E-state index contributed by atoms with van der Waals surface area (Å²) in [6, 6.07) is 0. The van der Waals surface area contributed by atoms with Crippen molar-refractivity contribution < 1.29 is 33.3 Å². The van der Waals surface area contributed by atoms with Crippen LogP contribution in [0.1, 0.15) is 13.3 Å². The highest BCUT2D eigenvalue weighted by Crippen LogP contribution is 2.08. The lowest BCUT2D eigenvalue weighted by Crippen LogP contribution is -2.29. The van der Waals surface area contributed by atoms with E-state index in [2.05, 4.69) is 0 Å². The van der Waals surface area contributed by atoms with Crippen molar-refractivity contribution in [3.05, 3.63) is 0 Å². The van der Waals surface area contributed by atoms with E-state index in [9.17, 15) is 9.59 Å². The number of hydrogen-bond donors (Lipinski definition) is 0. The largest absolute Gasteiger partial charge is 0.463 e. The highest BCUT2D eigenvalue weighted by molar-refractivity contribution is 5.94. The van der Waals surface area contributed by atoms with Gasteiger partial charge >= 0.3 is 11.9 Å². The van der Waals surface area contributed by atoms with Crippen LogP contribution in [0.5, 0.6) is 0 Å². The highest BCUT2D eigenvalue weighted by atomic mass is 16.6. The first kappa shape index (κ1) is 16.9. The van der Waals surface area contributed by atoms with Crippen molar-refractivity contribution >= 4 is 11.9 Å². The van der Waals surface area contributed by atoms with Crippen LogP contribution in [0.15, 0.2) is 0 Å². The van der Waals surface area contributed by atoms with Crippen molar-refractivity contribution in [2.24, 2.45) is 5.92 Å². The first-order valence-corrected chi connectivity index (χ1v) is 6.82. The average molecular weight is 290 g/mol. The second-order valence-electron chi connectivity index (χ2n) is 4.13. The van der Waals surface area contributed by atoms with E-state index in [0.717, 1.165) is 0 Å². The van der Waals surface area contributed by atoms with Gasteiger partial charge in [-0.3, -0.25) is 9.59 Å². The zero-order valence-corrected chi connectivity index (χ0v) is 11.8. The van der Waals surface area contributed by atoms with Gasteiger partial charge in [-0.1, -0.05) is 6.92 Å². The Morgan fingerprint density at radius 3 is 1.45 bits per heavy atom. The lowest BCUT2D eigenvalue weighted by molar-refractivity contribution is -0.164. The Hall–Kier alpha value is -1.18. The van der Waals surface area contributed by atoms with Crippen LogP contribution in [0.2, 0.25) is 0 Å². The summed E-state index contributed by atoms with van der Waals surface area (Å²) >= 11 is 0. The minimum absolute atomic E-state index is 0.117. The van der Waals surface area contributed by atoms with E-state index in [1.54, 1.807) is 6.92 Å². The lowest BCUT2D eigenvalue weighted by atomic mass is 10.1. The van der Waals surface area contributed by atoms with Gasteiger partial charge in [-0.25, -0.2) is 0 Å². The molecule has 0 aliphatic carbocycles. The first-order valence-electron chi connectivity index (χ1n) is 6.82. The van der Waals surface area contributed by atoms with Gasteiger partial charge in [-0.2, -0.15) is 0 Å². The Morgan fingerprint density at radius 2 is 1.10 bits per heavy atom. The number of esters is 2. The van der Waals surface area contributed by atoms with Crippen molar-refractivity contribution in [1.82, 2.24) is 0 Å². The summed E-state index contributed by atoms with van der Waals surface area (Å²) in [5.74, 6) is -2.04. The standard InChI is InChI=1S/C13H22O7/c1-2-11-12(14)19-9-7-17-5-3-16-4-6-18-8-10-20-13(11)15/h11H,2-10H2,1H3. The summed E-state index contributed by atoms with van der Waals surface area (Å²) in [5.41, 5.74) is 0. The molecule has 0 bridgehead atoms. The normalized spacial score (nSPS) is 22.1. The maximum Gasteiger partial charge on any atom is 0.320 e. The molecule has 7 heteroatoms. The monoisotopic (exact) mass is 290 g/mol. The molecule has 0 aromatic carbocycles. The number of hydrogen-bond acceptors (Lipinski definition) is 7. The molecule has 1 aliphatic heterocycles. The van der Waals surface area contributed by atoms with Gasteiger partial charge in [0.2, 0.25) is 0 Å². The van der Waals surface area contributed by atoms with Crippen LogP contribution in [0.3, 0.4) is 0 Å². The summed E-state index contributed by atoms with van der Waals surface area (Å²) in [6.07, 6.45) is 0.340. The molecule has 1 aliphatic rings. The van der Waals surface area contributed by atoms with Gasteiger partial charge in [0.05, 0.1) is 39.6 Å². The smallest absolute Gasteiger partial charge is 0.320 e. The zero-order valence-electron chi connectivity index (χ0n) is 11.8. The van der Waals surface area contributed by atoms with Crippen molar-refractivity contribution in [3.8, 4) is 0 Å². The molecule has 0 amide bonds. The van der Waals surface area contributed by atoms with Crippen LogP contribution in [0, 0.1) is 5.92 Å². The van der Waals surface area contributed by atoms with Crippen molar-refractivity contribution in [2.75, 3.05) is 52.9 Å². The van der Waals surface area contributed by atoms with Crippen LogP contribution in [0.25, 0.3) is 0 Å². The molecule has 20 heavy (non-hydrogen) atoms. The van der Waals surface area contributed by atoms with E-state index in [1.165, 1.54) is 0 Å². The van der Waals surface area contributed by atoms with Crippen molar-refractivity contribution in [3.63, 3.8) is 0 Å². The first-order chi connectivity index (χ1) is 9.75. The third-order valence-electron chi connectivity index (χ3n) is 2.67. The molecule has 0 spiro atoms. The Kier molecular flexibility index (Phi) is 8.93. The molecule has 1 rings (SSSR count). The third kappa shape index (κ3) is 6.83. The molecule has 0 aromatic rings. The fourth-order valence-corrected chi connectivity index (χ4v) is 1.58. The van der Waals surface area contributed by atoms with E-state index < -0.39 is 17.9 Å². The second-order valence-corrected chi connectivity index (χ2v) is 4.13. The summed E-state index contributed by atoms with van der Waals surface area (Å²) in [4.78, 5) is 23.4. The van der Waals surface area contributed by atoms with E-state index in [0.29, 0.717) is 32.8 Å². The minimum Gasteiger partial charge on any atom is -0.463 e. The molecular formula is C13H22O7. The van der Waals surface area contributed by atoms with Crippen LogP contribution in [-0.4, -0.2) is 64.8 Å². The molecule has 1 heterocycles. The van der Waals surface area contributed by atoms with Crippen LogP contribution >= 0.6 is 0 Å². The molecule has 1 saturated heterocycles. The number of rotatable bonds is 1. The number of ether oxygens (including phenoxy) is 5. The predicted molar refractivity (Wildman–Crippen MR) is 68.2 cm³/mol. The van der Waals surface area contributed by atoms with Crippen LogP contribution in [0.4, 0.5) is 0 Å². The second kappa shape index (κ2) is 10.6. The van der Waals surface area contributed by atoms with Crippen LogP contribution in [-0.2, 0) is 33.3 Å². The average Bonchev–Trinajstić information content (AvgIpc) is 2.43. The Balaban J connectivity index is 2.42. The molecule has 1 fully saturated rings. The van der Waals surface area contributed by atoms with E-state index >= 15 is 0 Å². The number of carbonyl (C=O) groups excluding carboxylic acids is 2. The maximum absolute atomic E-state index is 11.7. The van der Waals surface area contributed by atoms with Gasteiger partial charge in [0.15, 0.2) is 5.92 Å². The number of carbonyl (C=O) groups is 2. The Morgan fingerprint density at radius 1 is 0.750 bits per heavy atom. The summed E-state index contributed by atoms with van der Waals surface area (Å²) in [6.45, 7) is 4.29. The molecule has 0 unspecified atom stereocenters. The molecular weight excluding hydrogens is 268 g/mol. The fraction of sp³-hybridized carbons (Fsp3) is 0.846. The molecule has 0 N–H and O–H groups in total. The minimum atomic E-state index is -0.883. The molecule has 0 radical (unpaired) electrons. The molecule has 116 valence electrons. The Labute approximate surface area is 118 Å². The molecule has 7 nitrogen and oxygen atoms in total. The van der Waals surface area contributed by atoms with Gasteiger partial charge < -0.3 is 23.7 Å². The number of cyclic esters (lactones) is 2. The fourth-order valence-electron chi connectivity index (χ4n) is 1.58. The van der Waals surface area contributed by atoms with E-state index in [1.807, 2.05) is 0 Å². The van der Waals surface area contributed by atoms with Crippen LogP contribution < -0.4 is 0 Å². The van der Waals surface area contributed by atoms with Gasteiger partial charge in [0.1, 0.15) is 13.2 Å². The zero-order chi connectivity index (χ0) is 14.6. The predicted octanol–water partition coefficient (Wildman–Crippen LogP) is 0.162. The summed E-state index contributed by atoms with van der Waals surface area (Å²) in [7, 11) is 0. The molecule has 0 atom stereocenters. The topological polar surface area (TPSA) is 80.3 Å². The maximum atomic E-state index is 11.7. The summed E-state index contributed by atoms with van der Waals surface area (Å²) in [5, 5.41) is 0. The molecule has 0 saturated carbocycles. The van der Waals surface area contributed by atoms with Crippen molar-refractivity contribution in [1.29, 1.82) is 0 Å². The van der Waals surface area contributed by atoms with E-state index in [4.69, 9.17) is 23.7 Å². The van der Waals surface area contributed by atoms with Crippen molar-refractivity contribution in [2.45, 2.75) is 13.3 Å². The molecule has 0 aromatic heterocycles. The lowest BCUT2D eigenvalue weighted by Gasteiger charge is -2.14. The SMILES string of the molecule is CCC1C(=O)OCCOCCOCCOCCOC1=O.